The second-order valence-electron chi connectivity index (χ2n) is 5.70. The molecule has 0 aromatic heterocycles. The molecule has 0 unspecified atom stereocenters. The topological polar surface area (TPSA) is 53.6 Å². The van der Waals surface area contributed by atoms with E-state index in [9.17, 15) is 4.79 Å². The van der Waals surface area contributed by atoms with E-state index in [4.69, 9.17) is 4.74 Å². The van der Waals surface area contributed by atoms with Crippen LogP contribution in [0.25, 0.3) is 0 Å². The number of hydrogen-bond acceptors (Lipinski definition) is 3. The Morgan fingerprint density at radius 2 is 1.95 bits per heavy atom. The summed E-state index contributed by atoms with van der Waals surface area (Å²) >= 11 is 0. The van der Waals surface area contributed by atoms with Gasteiger partial charge in [0, 0.05) is 26.2 Å². The normalized spacial score (nSPS) is 15.5. The molecule has 1 saturated heterocycles. The zero-order valence-corrected chi connectivity index (χ0v) is 13.4. The number of rotatable bonds is 7. The highest BCUT2D eigenvalue weighted by Gasteiger charge is 2.09. The molecule has 1 aliphatic rings. The monoisotopic (exact) mass is 305 g/mol. The summed E-state index contributed by atoms with van der Waals surface area (Å²) in [7, 11) is 0. The Balaban J connectivity index is 1.51. The number of aryl methyl sites for hydroxylation is 1. The van der Waals surface area contributed by atoms with Crippen LogP contribution in [0, 0.1) is 6.92 Å². The van der Waals surface area contributed by atoms with Gasteiger partial charge in [0.1, 0.15) is 0 Å². The van der Waals surface area contributed by atoms with Crippen LogP contribution in [0.4, 0.5) is 4.79 Å². The molecule has 0 aliphatic carbocycles. The van der Waals surface area contributed by atoms with E-state index in [1.807, 2.05) is 18.2 Å². The Morgan fingerprint density at radius 3 is 2.73 bits per heavy atom. The lowest BCUT2D eigenvalue weighted by atomic mass is 10.1. The average molecular weight is 305 g/mol. The summed E-state index contributed by atoms with van der Waals surface area (Å²) in [6.07, 6.45) is 2.12. The van der Waals surface area contributed by atoms with Crippen LogP contribution >= 0.6 is 0 Å². The second-order valence-corrected chi connectivity index (χ2v) is 5.70. The first-order valence-corrected chi connectivity index (χ1v) is 8.12. The summed E-state index contributed by atoms with van der Waals surface area (Å²) in [5.41, 5.74) is 2.36. The first kappa shape index (κ1) is 16.8. The predicted octanol–water partition coefficient (Wildman–Crippen LogP) is 1.91. The van der Waals surface area contributed by atoms with E-state index in [1.165, 1.54) is 5.56 Å². The molecule has 0 radical (unpaired) electrons. The number of urea groups is 1. The fraction of sp³-hybridized carbons (Fsp3) is 0.588. The van der Waals surface area contributed by atoms with Crippen molar-refractivity contribution >= 4 is 6.03 Å². The van der Waals surface area contributed by atoms with Crippen molar-refractivity contribution in [3.05, 3.63) is 35.4 Å². The van der Waals surface area contributed by atoms with Gasteiger partial charge in [-0.3, -0.25) is 4.90 Å². The van der Waals surface area contributed by atoms with E-state index in [1.54, 1.807) is 0 Å². The zero-order valence-electron chi connectivity index (χ0n) is 13.4. The van der Waals surface area contributed by atoms with Crippen LogP contribution in [0.15, 0.2) is 24.3 Å². The second kappa shape index (κ2) is 9.43. The van der Waals surface area contributed by atoms with Gasteiger partial charge in [-0.1, -0.05) is 24.3 Å². The van der Waals surface area contributed by atoms with E-state index in [-0.39, 0.29) is 6.03 Å². The lowest BCUT2D eigenvalue weighted by Gasteiger charge is -2.26. The van der Waals surface area contributed by atoms with Crippen LogP contribution in [0.1, 0.15) is 24.0 Å². The molecule has 2 N–H and O–H groups in total. The Hall–Kier alpha value is -1.59. The minimum atomic E-state index is -0.0883. The third-order valence-electron chi connectivity index (χ3n) is 3.99. The largest absolute Gasteiger partial charge is 0.379 e. The van der Waals surface area contributed by atoms with Gasteiger partial charge >= 0.3 is 6.03 Å². The summed E-state index contributed by atoms with van der Waals surface area (Å²) in [5, 5.41) is 5.82. The highest BCUT2D eigenvalue weighted by Crippen LogP contribution is 2.05. The predicted molar refractivity (Wildman–Crippen MR) is 87.9 cm³/mol. The summed E-state index contributed by atoms with van der Waals surface area (Å²) in [4.78, 5) is 14.2. The molecule has 1 heterocycles. The van der Waals surface area contributed by atoms with Gasteiger partial charge in [0.15, 0.2) is 0 Å². The number of carbonyl (C=O) groups excluding carboxylic acids is 1. The maximum absolute atomic E-state index is 11.7. The molecule has 1 aromatic rings. The summed E-state index contributed by atoms with van der Waals surface area (Å²) in [5.74, 6) is 0. The number of ether oxygens (including phenoxy) is 1. The van der Waals surface area contributed by atoms with Crippen molar-refractivity contribution in [2.45, 2.75) is 26.3 Å². The number of nitrogens with one attached hydrogen (secondary N) is 2. The van der Waals surface area contributed by atoms with Crippen molar-refractivity contribution < 1.29 is 9.53 Å². The molecular formula is C17H27N3O2. The maximum atomic E-state index is 11.7. The van der Waals surface area contributed by atoms with Gasteiger partial charge in [0.25, 0.3) is 0 Å². The molecule has 2 amide bonds. The lowest BCUT2D eigenvalue weighted by molar-refractivity contribution is 0.0372. The van der Waals surface area contributed by atoms with Crippen molar-refractivity contribution in [1.29, 1.82) is 0 Å². The molecule has 1 aliphatic heterocycles. The molecule has 122 valence electrons. The molecule has 0 bridgehead atoms. The van der Waals surface area contributed by atoms with Crippen molar-refractivity contribution in [3.63, 3.8) is 0 Å². The molecule has 1 fully saturated rings. The van der Waals surface area contributed by atoms with Crippen molar-refractivity contribution in [1.82, 2.24) is 15.5 Å². The minimum Gasteiger partial charge on any atom is -0.379 e. The molecular weight excluding hydrogens is 278 g/mol. The third-order valence-corrected chi connectivity index (χ3v) is 3.99. The van der Waals surface area contributed by atoms with Gasteiger partial charge in [-0.15, -0.1) is 0 Å². The van der Waals surface area contributed by atoms with E-state index >= 15 is 0 Å². The van der Waals surface area contributed by atoms with Gasteiger partial charge in [-0.25, -0.2) is 4.79 Å². The third kappa shape index (κ3) is 6.03. The number of hydrogen-bond donors (Lipinski definition) is 2. The Kier molecular flexibility index (Phi) is 7.19. The lowest BCUT2D eigenvalue weighted by Crippen LogP contribution is -2.38. The number of benzene rings is 1. The van der Waals surface area contributed by atoms with Gasteiger partial charge in [0.05, 0.1) is 13.2 Å². The van der Waals surface area contributed by atoms with Gasteiger partial charge in [-0.2, -0.15) is 0 Å². The van der Waals surface area contributed by atoms with E-state index in [2.05, 4.69) is 28.5 Å². The van der Waals surface area contributed by atoms with Gasteiger partial charge in [-0.05, 0) is 37.4 Å². The van der Waals surface area contributed by atoms with Gasteiger partial charge in [0.2, 0.25) is 0 Å². The van der Waals surface area contributed by atoms with Crippen molar-refractivity contribution in [2.75, 3.05) is 39.4 Å². The number of nitrogens with zero attached hydrogens (tertiary/aromatic N) is 1. The summed E-state index contributed by atoms with van der Waals surface area (Å²) in [6.45, 7) is 8.21. The standard InChI is InChI=1S/C17H27N3O2/c1-15-6-2-3-7-16(15)14-19-17(21)18-8-4-5-9-20-10-12-22-13-11-20/h2-3,6-7H,4-5,8-14H2,1H3,(H2,18,19,21). The first-order valence-electron chi connectivity index (χ1n) is 8.12. The number of morpholine rings is 1. The molecule has 0 spiro atoms. The van der Waals surface area contributed by atoms with Crippen LogP contribution in [-0.4, -0.2) is 50.3 Å². The average Bonchev–Trinajstić information content (AvgIpc) is 2.55. The van der Waals surface area contributed by atoms with Crippen molar-refractivity contribution in [3.8, 4) is 0 Å². The fourth-order valence-electron chi connectivity index (χ4n) is 2.53. The first-order chi connectivity index (χ1) is 10.8. The van der Waals surface area contributed by atoms with Gasteiger partial charge < -0.3 is 15.4 Å². The quantitative estimate of drug-likeness (QED) is 0.757. The molecule has 22 heavy (non-hydrogen) atoms. The smallest absolute Gasteiger partial charge is 0.315 e. The Morgan fingerprint density at radius 1 is 1.18 bits per heavy atom. The fourth-order valence-corrected chi connectivity index (χ4v) is 2.53. The Labute approximate surface area is 133 Å². The molecule has 5 nitrogen and oxygen atoms in total. The molecule has 5 heteroatoms. The highest BCUT2D eigenvalue weighted by molar-refractivity contribution is 5.73. The number of amides is 2. The van der Waals surface area contributed by atoms with Crippen LogP contribution in [0.2, 0.25) is 0 Å². The molecule has 0 atom stereocenters. The number of unbranched alkanes of at least 4 members (excludes halogenated alkanes) is 1. The van der Waals surface area contributed by atoms with E-state index in [0.29, 0.717) is 6.54 Å². The highest BCUT2D eigenvalue weighted by atomic mass is 16.5. The van der Waals surface area contributed by atoms with Crippen LogP contribution in [0.5, 0.6) is 0 Å². The van der Waals surface area contributed by atoms with Crippen LogP contribution in [0.3, 0.4) is 0 Å². The van der Waals surface area contributed by atoms with Crippen LogP contribution in [-0.2, 0) is 11.3 Å². The summed E-state index contributed by atoms with van der Waals surface area (Å²) in [6, 6.07) is 8.01. The molecule has 1 aromatic carbocycles. The maximum Gasteiger partial charge on any atom is 0.315 e. The zero-order chi connectivity index (χ0) is 15.6. The summed E-state index contributed by atoms with van der Waals surface area (Å²) < 4.78 is 5.32. The molecule has 2 rings (SSSR count). The Bertz CT molecular complexity index is 459. The minimum absolute atomic E-state index is 0.0883. The van der Waals surface area contributed by atoms with Crippen molar-refractivity contribution in [2.24, 2.45) is 0 Å². The SMILES string of the molecule is Cc1ccccc1CNC(=O)NCCCCN1CCOCC1. The number of carbonyl (C=O) groups is 1. The van der Waals surface area contributed by atoms with Crippen LogP contribution < -0.4 is 10.6 Å². The molecule has 0 saturated carbocycles. The van der Waals surface area contributed by atoms with E-state index < -0.39 is 0 Å². The van der Waals surface area contributed by atoms with E-state index in [0.717, 1.165) is 57.8 Å².